The number of carbonyl (C=O) groups excluding carboxylic acids is 2. The SMILES string of the molecule is CC(C)(C)OC(=O)N1CCC(Oc2cc(N3CCc4cc(NC(=O)CO)ccc43)ncn2)CC1. The van der Waals surface area contributed by atoms with E-state index in [2.05, 4.69) is 20.2 Å². The van der Waals surface area contributed by atoms with Crippen LogP contribution in [0.15, 0.2) is 30.6 Å². The van der Waals surface area contributed by atoms with Crippen LogP contribution in [0.4, 0.5) is 22.0 Å². The molecule has 34 heavy (non-hydrogen) atoms. The number of carbonyl (C=O) groups is 2. The highest BCUT2D eigenvalue weighted by atomic mass is 16.6. The fourth-order valence-electron chi connectivity index (χ4n) is 4.11. The van der Waals surface area contributed by atoms with E-state index in [1.165, 1.54) is 6.33 Å². The van der Waals surface area contributed by atoms with Gasteiger partial charge in [0.05, 0.1) is 0 Å². The van der Waals surface area contributed by atoms with E-state index < -0.39 is 18.1 Å². The molecule has 1 aromatic heterocycles. The molecule has 10 heteroatoms. The van der Waals surface area contributed by atoms with Crippen molar-refractivity contribution in [3.05, 3.63) is 36.2 Å². The van der Waals surface area contributed by atoms with Gasteiger partial charge in [-0.1, -0.05) is 0 Å². The Balaban J connectivity index is 1.37. The molecule has 0 saturated carbocycles. The zero-order chi connectivity index (χ0) is 24.3. The van der Waals surface area contributed by atoms with Crippen LogP contribution >= 0.6 is 0 Å². The molecule has 0 aliphatic carbocycles. The molecule has 0 unspecified atom stereocenters. The lowest BCUT2D eigenvalue weighted by Crippen LogP contribution is -2.44. The lowest BCUT2D eigenvalue weighted by Gasteiger charge is -2.33. The normalized spacial score (nSPS) is 16.2. The van der Waals surface area contributed by atoms with Crippen LogP contribution < -0.4 is 15.0 Å². The Morgan fingerprint density at radius 2 is 1.91 bits per heavy atom. The molecule has 4 rings (SSSR count). The van der Waals surface area contributed by atoms with Gasteiger partial charge in [-0.3, -0.25) is 4.79 Å². The van der Waals surface area contributed by atoms with Crippen molar-refractivity contribution in [2.24, 2.45) is 0 Å². The Labute approximate surface area is 198 Å². The van der Waals surface area contributed by atoms with E-state index in [1.807, 2.05) is 45.0 Å². The second-order valence-corrected chi connectivity index (χ2v) is 9.45. The van der Waals surface area contributed by atoms with Crippen LogP contribution in [0.25, 0.3) is 0 Å². The summed E-state index contributed by atoms with van der Waals surface area (Å²) in [6.07, 6.45) is 3.38. The van der Waals surface area contributed by atoms with Crippen molar-refractivity contribution in [2.45, 2.75) is 51.7 Å². The molecule has 10 nitrogen and oxygen atoms in total. The zero-order valence-corrected chi connectivity index (χ0v) is 19.8. The maximum atomic E-state index is 12.3. The van der Waals surface area contributed by atoms with Gasteiger partial charge in [-0.25, -0.2) is 14.8 Å². The van der Waals surface area contributed by atoms with Gasteiger partial charge in [0.15, 0.2) is 0 Å². The average Bonchev–Trinajstić information content (AvgIpc) is 3.22. The van der Waals surface area contributed by atoms with Crippen molar-refractivity contribution in [3.8, 4) is 5.88 Å². The lowest BCUT2D eigenvalue weighted by molar-refractivity contribution is -0.118. The van der Waals surface area contributed by atoms with Gasteiger partial charge in [0.2, 0.25) is 11.8 Å². The number of aliphatic hydroxyl groups is 1. The minimum Gasteiger partial charge on any atom is -0.474 e. The van der Waals surface area contributed by atoms with Crippen LogP contribution in [0.5, 0.6) is 5.88 Å². The Bertz CT molecular complexity index is 1050. The van der Waals surface area contributed by atoms with E-state index in [1.54, 1.807) is 4.90 Å². The van der Waals surface area contributed by atoms with Crippen molar-refractivity contribution in [2.75, 3.05) is 36.5 Å². The van der Waals surface area contributed by atoms with Gasteiger partial charge in [-0.2, -0.15) is 0 Å². The molecule has 1 aromatic carbocycles. The predicted octanol–water partition coefficient (Wildman–Crippen LogP) is 2.88. The van der Waals surface area contributed by atoms with E-state index >= 15 is 0 Å². The average molecular weight is 470 g/mol. The number of aromatic nitrogens is 2. The molecule has 0 spiro atoms. The maximum Gasteiger partial charge on any atom is 0.410 e. The van der Waals surface area contributed by atoms with Gasteiger partial charge in [0.25, 0.3) is 0 Å². The summed E-state index contributed by atoms with van der Waals surface area (Å²) in [4.78, 5) is 36.2. The minimum absolute atomic E-state index is 0.0370. The van der Waals surface area contributed by atoms with Gasteiger partial charge in [0, 0.05) is 49.9 Å². The van der Waals surface area contributed by atoms with Crippen molar-refractivity contribution in [1.29, 1.82) is 0 Å². The Kier molecular flexibility index (Phi) is 6.87. The smallest absolute Gasteiger partial charge is 0.410 e. The first kappa shape index (κ1) is 23.7. The first-order valence-electron chi connectivity index (χ1n) is 11.5. The molecular weight excluding hydrogens is 438 g/mol. The molecule has 0 radical (unpaired) electrons. The maximum absolute atomic E-state index is 12.3. The third-order valence-corrected chi connectivity index (χ3v) is 5.69. The zero-order valence-electron chi connectivity index (χ0n) is 19.8. The number of ether oxygens (including phenoxy) is 2. The number of aliphatic hydroxyl groups excluding tert-OH is 1. The van der Waals surface area contributed by atoms with E-state index in [0.29, 0.717) is 37.5 Å². The minimum atomic E-state index is -0.549. The second-order valence-electron chi connectivity index (χ2n) is 9.45. The van der Waals surface area contributed by atoms with Gasteiger partial charge in [0.1, 0.15) is 30.5 Å². The number of fused-ring (bicyclic) bond motifs is 1. The van der Waals surface area contributed by atoms with Crippen LogP contribution in [0.3, 0.4) is 0 Å². The molecule has 2 aromatic rings. The molecule has 2 N–H and O–H groups in total. The number of hydrogen-bond donors (Lipinski definition) is 2. The fraction of sp³-hybridized carbons (Fsp3) is 0.500. The summed E-state index contributed by atoms with van der Waals surface area (Å²) in [7, 11) is 0. The van der Waals surface area contributed by atoms with Crippen LogP contribution in [-0.4, -0.2) is 69.9 Å². The third kappa shape index (κ3) is 5.74. The number of rotatable bonds is 5. The summed E-state index contributed by atoms with van der Waals surface area (Å²) in [5.41, 5.74) is 2.25. The van der Waals surface area contributed by atoms with Crippen molar-refractivity contribution in [3.63, 3.8) is 0 Å². The summed E-state index contributed by atoms with van der Waals surface area (Å²) in [6, 6.07) is 7.49. The van der Waals surface area contributed by atoms with E-state index in [-0.39, 0.29) is 12.2 Å². The van der Waals surface area contributed by atoms with Gasteiger partial charge < -0.3 is 29.7 Å². The van der Waals surface area contributed by atoms with E-state index in [9.17, 15) is 9.59 Å². The van der Waals surface area contributed by atoms with Crippen molar-refractivity contribution < 1.29 is 24.2 Å². The molecule has 0 bridgehead atoms. The molecule has 182 valence electrons. The summed E-state index contributed by atoms with van der Waals surface area (Å²) in [5.74, 6) is 0.799. The Morgan fingerprint density at radius 3 is 2.62 bits per heavy atom. The van der Waals surface area contributed by atoms with Crippen molar-refractivity contribution in [1.82, 2.24) is 14.9 Å². The number of hydrogen-bond acceptors (Lipinski definition) is 8. The molecule has 0 atom stereocenters. The number of nitrogens with one attached hydrogen (secondary N) is 1. The first-order chi connectivity index (χ1) is 16.2. The Hall–Kier alpha value is -3.40. The standard InChI is InChI=1S/C24H31N5O5/c1-24(2,3)34-23(32)28-9-7-18(8-10-28)33-22-13-20(25-15-26-22)29-11-6-16-12-17(4-5-19(16)29)27-21(31)14-30/h4-5,12-13,15,18,30H,6-11,14H2,1-3H3,(H,27,31). The lowest BCUT2D eigenvalue weighted by atomic mass is 10.1. The number of benzene rings is 1. The molecule has 2 aliphatic rings. The molecule has 1 fully saturated rings. The molecule has 2 amide bonds. The van der Waals surface area contributed by atoms with Crippen molar-refractivity contribution >= 4 is 29.2 Å². The molecular formula is C24H31N5O5. The van der Waals surface area contributed by atoms with Gasteiger partial charge >= 0.3 is 6.09 Å². The highest BCUT2D eigenvalue weighted by Gasteiger charge is 2.28. The first-order valence-corrected chi connectivity index (χ1v) is 11.5. The summed E-state index contributed by atoms with van der Waals surface area (Å²) < 4.78 is 11.6. The van der Waals surface area contributed by atoms with Gasteiger partial charge in [-0.05, 0) is 51.0 Å². The largest absolute Gasteiger partial charge is 0.474 e. The number of nitrogens with zero attached hydrogens (tertiary/aromatic N) is 4. The summed E-state index contributed by atoms with van der Waals surface area (Å²) in [6.45, 7) is 6.93. The van der Waals surface area contributed by atoms with Crippen LogP contribution in [0.2, 0.25) is 0 Å². The van der Waals surface area contributed by atoms with Crippen LogP contribution in [-0.2, 0) is 16.0 Å². The highest BCUT2D eigenvalue weighted by Crippen LogP contribution is 2.36. The molecule has 1 saturated heterocycles. The quantitative estimate of drug-likeness (QED) is 0.687. The fourth-order valence-corrected chi connectivity index (χ4v) is 4.11. The van der Waals surface area contributed by atoms with Crippen LogP contribution in [0.1, 0.15) is 39.2 Å². The number of amides is 2. The topological polar surface area (TPSA) is 117 Å². The Morgan fingerprint density at radius 1 is 1.15 bits per heavy atom. The van der Waals surface area contributed by atoms with Gasteiger partial charge in [-0.15, -0.1) is 0 Å². The number of anilines is 3. The van der Waals surface area contributed by atoms with E-state index in [0.717, 1.165) is 30.0 Å². The summed E-state index contributed by atoms with van der Waals surface area (Å²) >= 11 is 0. The highest BCUT2D eigenvalue weighted by molar-refractivity contribution is 5.92. The summed E-state index contributed by atoms with van der Waals surface area (Å²) in [5, 5.41) is 11.6. The number of piperidine rings is 1. The molecule has 3 heterocycles. The van der Waals surface area contributed by atoms with Crippen LogP contribution in [0, 0.1) is 0 Å². The number of likely N-dealkylation sites (tertiary alicyclic amines) is 1. The van der Waals surface area contributed by atoms with E-state index in [4.69, 9.17) is 14.6 Å². The predicted molar refractivity (Wildman–Crippen MR) is 126 cm³/mol. The monoisotopic (exact) mass is 469 g/mol. The molecule has 2 aliphatic heterocycles. The third-order valence-electron chi connectivity index (χ3n) is 5.69. The second kappa shape index (κ2) is 9.84.